The van der Waals surface area contributed by atoms with Crippen molar-refractivity contribution in [1.29, 1.82) is 0 Å². The highest BCUT2D eigenvalue weighted by Gasteiger charge is 2.39. The largest absolute Gasteiger partial charge is 0.476 e. The van der Waals surface area contributed by atoms with Gasteiger partial charge in [-0.3, -0.25) is 0 Å². The number of hydrogen-bond donors (Lipinski definition) is 5. The van der Waals surface area contributed by atoms with Gasteiger partial charge in [-0.05, 0) is 45.5 Å². The minimum Gasteiger partial charge on any atom is -0.476 e. The van der Waals surface area contributed by atoms with E-state index in [4.69, 9.17) is 10.0 Å². The third-order valence-corrected chi connectivity index (χ3v) is 12.6. The first-order chi connectivity index (χ1) is 34.2. The first-order valence-electron chi connectivity index (χ1n) is 21.6. The molecule has 13 nitrogen and oxygen atoms in total. The Morgan fingerprint density at radius 2 is 0.729 bits per heavy atom. The van der Waals surface area contributed by atoms with Crippen molar-refractivity contribution in [1.82, 2.24) is 9.97 Å². The predicted molar refractivity (Wildman–Crippen MR) is 272 cm³/mol. The molecule has 70 heavy (non-hydrogen) atoms. The van der Waals surface area contributed by atoms with E-state index in [2.05, 4.69) is 30.9 Å². The van der Waals surface area contributed by atoms with Crippen molar-refractivity contribution in [2.24, 2.45) is 10.3 Å². The van der Waals surface area contributed by atoms with Crippen molar-refractivity contribution >= 4 is 62.3 Å². The molecule has 0 aliphatic carbocycles. The van der Waals surface area contributed by atoms with Gasteiger partial charge < -0.3 is 30.9 Å². The Labute approximate surface area is 410 Å². The molecule has 9 aromatic rings. The Kier molecular flexibility index (Phi) is 15.0. The van der Waals surface area contributed by atoms with Gasteiger partial charge in [0.1, 0.15) is 22.5 Å². The second-order valence-electron chi connectivity index (χ2n) is 15.3. The first-order valence-corrected chi connectivity index (χ1v) is 23.3. The van der Waals surface area contributed by atoms with Gasteiger partial charge in [0.25, 0.3) is 0 Å². The van der Waals surface area contributed by atoms with Gasteiger partial charge in [0.15, 0.2) is 10.3 Å². The zero-order valence-corrected chi connectivity index (χ0v) is 38.6. The highest BCUT2D eigenvalue weighted by atomic mass is 32.1. The van der Waals surface area contributed by atoms with E-state index in [9.17, 15) is 24.6 Å². The molecule has 0 spiro atoms. The average molecular weight is 963 g/mol. The van der Waals surface area contributed by atoms with Crippen LogP contribution in [0.5, 0.6) is 0 Å². The van der Waals surface area contributed by atoms with Gasteiger partial charge >= 0.3 is 17.9 Å². The molecule has 0 atom stereocenters. The molecule has 0 amide bonds. The second-order valence-corrected chi connectivity index (χ2v) is 17.0. The summed E-state index contributed by atoms with van der Waals surface area (Å²) < 4.78 is 0. The topological polar surface area (TPSA) is 196 Å². The number of thiazole rings is 2. The molecule has 15 heteroatoms. The summed E-state index contributed by atoms with van der Waals surface area (Å²) >= 11 is 2.47. The van der Waals surface area contributed by atoms with Gasteiger partial charge in [0.2, 0.25) is 11.4 Å². The van der Waals surface area contributed by atoms with Crippen LogP contribution in [0.1, 0.15) is 55.1 Å². The monoisotopic (exact) mass is 962 g/mol. The fraction of sp³-hybridized carbons (Fsp3) is 0.0364. The minimum atomic E-state index is -1.37. The number of hydrogen-bond acceptors (Lipinski definition) is 13. The van der Waals surface area contributed by atoms with Crippen molar-refractivity contribution in [3.8, 4) is 0 Å². The molecule has 2 heterocycles. The summed E-state index contributed by atoms with van der Waals surface area (Å²) in [6.07, 6.45) is 0. The summed E-state index contributed by atoms with van der Waals surface area (Å²) in [7, 11) is 0. The molecular formula is C55H42N6O7S2. The van der Waals surface area contributed by atoms with Crippen LogP contribution in [0.4, 0.5) is 10.3 Å². The van der Waals surface area contributed by atoms with Crippen molar-refractivity contribution in [2.75, 3.05) is 10.6 Å². The highest BCUT2D eigenvalue weighted by Crippen LogP contribution is 2.42. The first kappa shape index (κ1) is 47.4. The molecule has 9 rings (SSSR count). The summed E-state index contributed by atoms with van der Waals surface area (Å²) in [5.41, 5.74) is 3.74. The third-order valence-electron chi connectivity index (χ3n) is 11.1. The number of carbonyl (C=O) groups excluding carboxylic acids is 1. The summed E-state index contributed by atoms with van der Waals surface area (Å²) in [4.78, 5) is 49.6. The molecule has 0 saturated heterocycles. The quantitative estimate of drug-likeness (QED) is 0.0203. The van der Waals surface area contributed by atoms with E-state index in [0.717, 1.165) is 33.4 Å². The van der Waals surface area contributed by atoms with Crippen LogP contribution in [0.25, 0.3) is 0 Å². The molecule has 0 aliphatic rings. The number of aromatic nitrogens is 2. The van der Waals surface area contributed by atoms with Crippen molar-refractivity contribution < 1.29 is 34.6 Å². The van der Waals surface area contributed by atoms with Crippen molar-refractivity contribution in [2.45, 2.75) is 11.1 Å². The van der Waals surface area contributed by atoms with Crippen molar-refractivity contribution in [3.63, 3.8) is 0 Å². The number of aliphatic carboxylic acids is 2. The van der Waals surface area contributed by atoms with Crippen LogP contribution in [0.15, 0.2) is 233 Å². The Balaban J connectivity index is 0.000000193. The molecule has 0 radical (unpaired) electrons. The number of rotatable bonds is 16. The van der Waals surface area contributed by atoms with E-state index >= 15 is 0 Å². The minimum absolute atomic E-state index is 0.0685. The van der Waals surface area contributed by atoms with Crippen LogP contribution < -0.4 is 10.6 Å². The van der Waals surface area contributed by atoms with E-state index in [1.165, 1.54) is 22.7 Å². The molecule has 0 unspecified atom stereocenters. The molecule has 5 N–H and O–H groups in total. The van der Waals surface area contributed by atoms with Gasteiger partial charge in [-0.15, -0.1) is 22.7 Å². The van der Waals surface area contributed by atoms with Gasteiger partial charge in [-0.1, -0.05) is 211 Å². The maximum atomic E-state index is 12.3. The van der Waals surface area contributed by atoms with Crippen LogP contribution in [0.3, 0.4) is 0 Å². The fourth-order valence-corrected chi connectivity index (χ4v) is 9.38. The molecule has 0 saturated carbocycles. The average Bonchev–Trinajstić information content (AvgIpc) is 4.08. The predicted octanol–water partition coefficient (Wildman–Crippen LogP) is 11.0. The maximum Gasteiger partial charge on any atom is 0.365 e. The fourth-order valence-electron chi connectivity index (χ4n) is 7.88. The number of carboxylic acids is 2. The van der Waals surface area contributed by atoms with Crippen molar-refractivity contribution in [3.05, 3.63) is 273 Å². The summed E-state index contributed by atoms with van der Waals surface area (Å²) in [6.45, 7) is 0. The number of anilines is 2. The standard InChI is InChI=1S/C31H23N3O4S.C24H19N3O3S/c35-28(36)27(34-38-29(37)22-13-5-1-6-14-22)26-21-39-30(32-26)33-31(23-15-7-2-8-16-23,24-17-9-3-10-18-24)25-19-11-4-12-20-25;28-22(29)21(27-30)20-16-31-23(25-20)26-24(17-10-4-1-5-11-17,18-12-6-2-7-13-18)19-14-8-3-9-15-19/h1-21H,(H,32,33)(H,35,36);1-16,30H,(H,25,26)(H,28,29)/b34-27-;27-21-. The lowest BCUT2D eigenvalue weighted by Crippen LogP contribution is -2.38. The van der Waals surface area contributed by atoms with Crippen LogP contribution in [0, 0.1) is 0 Å². The molecule has 0 fully saturated rings. The van der Waals surface area contributed by atoms with Crippen LogP contribution in [-0.4, -0.2) is 54.7 Å². The van der Waals surface area contributed by atoms with E-state index in [1.807, 2.05) is 182 Å². The highest BCUT2D eigenvalue weighted by molar-refractivity contribution is 7.14. The van der Waals surface area contributed by atoms with E-state index < -0.39 is 40.4 Å². The number of nitrogens with one attached hydrogen (secondary N) is 2. The molecule has 7 aromatic carbocycles. The zero-order chi connectivity index (χ0) is 48.8. The Hall–Kier alpha value is -9.05. The van der Waals surface area contributed by atoms with Gasteiger partial charge in [-0.2, -0.15) is 0 Å². The number of nitrogens with zero attached hydrogens (tertiary/aromatic N) is 4. The summed E-state index contributed by atoms with van der Waals surface area (Å²) in [5.74, 6) is -3.48. The number of carbonyl (C=O) groups is 3. The smallest absolute Gasteiger partial charge is 0.365 e. The lowest BCUT2D eigenvalue weighted by atomic mass is 9.77. The lowest BCUT2D eigenvalue weighted by Gasteiger charge is -2.36. The molecule has 0 bridgehead atoms. The van der Waals surface area contributed by atoms with E-state index in [0.29, 0.717) is 10.3 Å². The second kappa shape index (κ2) is 22.2. The number of carboxylic acid groups (broad SMARTS) is 2. The van der Waals surface area contributed by atoms with Gasteiger partial charge in [0, 0.05) is 10.8 Å². The van der Waals surface area contributed by atoms with Crippen LogP contribution >= 0.6 is 22.7 Å². The number of benzene rings is 7. The zero-order valence-electron chi connectivity index (χ0n) is 36.9. The summed E-state index contributed by atoms with van der Waals surface area (Å²) in [6, 6.07) is 68.1. The molecule has 346 valence electrons. The van der Waals surface area contributed by atoms with E-state index in [-0.39, 0.29) is 17.0 Å². The van der Waals surface area contributed by atoms with Crippen LogP contribution in [-0.2, 0) is 25.5 Å². The lowest BCUT2D eigenvalue weighted by molar-refractivity contribution is -0.130. The molecule has 0 aliphatic heterocycles. The Morgan fingerprint density at radius 1 is 0.443 bits per heavy atom. The maximum absolute atomic E-state index is 12.3. The molecular weight excluding hydrogens is 921 g/mol. The number of oxime groups is 2. The van der Waals surface area contributed by atoms with Crippen LogP contribution in [0.2, 0.25) is 0 Å². The third kappa shape index (κ3) is 10.4. The summed E-state index contributed by atoms with van der Waals surface area (Å²) in [5, 5.41) is 45.9. The SMILES string of the molecule is O=C(O)/C(=N\O)c1csc(NC(c2ccccc2)(c2ccccc2)c2ccccc2)n1.O=C(O)/C(=N\OC(=O)c1ccccc1)c1csc(NC(c2ccccc2)(c2ccccc2)c2ccccc2)n1. The Morgan fingerprint density at radius 3 is 1.01 bits per heavy atom. The van der Waals surface area contributed by atoms with E-state index in [1.54, 1.807) is 41.1 Å². The molecule has 2 aromatic heterocycles. The van der Waals surface area contributed by atoms with Gasteiger partial charge in [-0.25, -0.2) is 24.4 Å². The Bertz CT molecular complexity index is 3020. The van der Waals surface area contributed by atoms with Gasteiger partial charge in [0.05, 0.1) is 5.56 Å². The normalized spacial score (nSPS) is 11.7.